The van der Waals surface area contributed by atoms with Gasteiger partial charge in [-0.1, -0.05) is 13.0 Å². The highest BCUT2D eigenvalue weighted by Gasteiger charge is 2.22. The van der Waals surface area contributed by atoms with Crippen molar-refractivity contribution >= 4 is 23.2 Å². The van der Waals surface area contributed by atoms with Crippen molar-refractivity contribution < 1.29 is 4.92 Å². The summed E-state index contributed by atoms with van der Waals surface area (Å²) in [4.78, 5) is 15.1. The van der Waals surface area contributed by atoms with Gasteiger partial charge in [0.05, 0.1) is 6.20 Å². The van der Waals surface area contributed by atoms with Crippen molar-refractivity contribution in [2.75, 3.05) is 6.54 Å². The van der Waals surface area contributed by atoms with Crippen LogP contribution in [0.25, 0.3) is 5.65 Å². The van der Waals surface area contributed by atoms with E-state index >= 15 is 0 Å². The molecule has 0 aliphatic rings. The average Bonchev–Trinajstić information content (AvgIpc) is 2.75. The minimum Gasteiger partial charge on any atom is -0.358 e. The van der Waals surface area contributed by atoms with E-state index in [1.54, 1.807) is 30.1 Å². The van der Waals surface area contributed by atoms with E-state index in [1.807, 2.05) is 6.07 Å². The maximum Gasteiger partial charge on any atom is 0.351 e. The van der Waals surface area contributed by atoms with Gasteiger partial charge >= 0.3 is 5.82 Å². The summed E-state index contributed by atoms with van der Waals surface area (Å²) in [6, 6.07) is 5.35. The number of nitro groups is 1. The maximum absolute atomic E-state index is 11.2. The highest BCUT2D eigenvalue weighted by atomic mass is 32.2. The van der Waals surface area contributed by atoms with Crippen molar-refractivity contribution in [3.8, 4) is 0 Å². The predicted molar refractivity (Wildman–Crippen MR) is 76.3 cm³/mol. The summed E-state index contributed by atoms with van der Waals surface area (Å²) >= 11 is 1.64. The van der Waals surface area contributed by atoms with Gasteiger partial charge in [-0.05, 0) is 24.0 Å². The molecule has 19 heavy (non-hydrogen) atoms. The van der Waals surface area contributed by atoms with Crippen molar-refractivity contribution in [3.05, 3.63) is 40.2 Å². The highest BCUT2D eigenvalue weighted by Crippen LogP contribution is 2.27. The molecule has 2 N–H and O–H groups in total. The molecule has 7 heteroatoms. The molecule has 2 heterocycles. The van der Waals surface area contributed by atoms with Gasteiger partial charge in [-0.15, -0.1) is 0 Å². The summed E-state index contributed by atoms with van der Waals surface area (Å²) in [5.41, 5.74) is 6.62. The summed E-state index contributed by atoms with van der Waals surface area (Å²) < 4.78 is 1.52. The lowest BCUT2D eigenvalue weighted by molar-refractivity contribution is -0.391. The Bertz CT molecular complexity index is 584. The number of nitrogens with two attached hydrogens (primary N) is 1. The van der Waals surface area contributed by atoms with Crippen LogP contribution in [-0.2, 0) is 5.75 Å². The molecule has 0 amide bonds. The minimum absolute atomic E-state index is 0.0584. The first-order chi connectivity index (χ1) is 9.13. The molecular formula is C12H16N4O2S. The van der Waals surface area contributed by atoms with Crippen molar-refractivity contribution in [2.24, 2.45) is 5.73 Å². The molecule has 0 aliphatic heterocycles. The quantitative estimate of drug-likeness (QED) is 0.647. The number of hydrogen-bond acceptors (Lipinski definition) is 5. The van der Waals surface area contributed by atoms with Crippen LogP contribution in [0.4, 0.5) is 5.82 Å². The van der Waals surface area contributed by atoms with Gasteiger partial charge < -0.3 is 15.8 Å². The monoisotopic (exact) mass is 280 g/mol. The largest absolute Gasteiger partial charge is 0.358 e. The molecule has 2 rings (SSSR count). The number of aromatic nitrogens is 2. The molecule has 0 aliphatic carbocycles. The third kappa shape index (κ3) is 3.05. The normalized spacial score (nSPS) is 12.7. The zero-order valence-electron chi connectivity index (χ0n) is 10.7. The summed E-state index contributed by atoms with van der Waals surface area (Å²) in [6.45, 7) is 2.70. The van der Waals surface area contributed by atoms with Crippen LogP contribution >= 0.6 is 11.8 Å². The van der Waals surface area contributed by atoms with Gasteiger partial charge in [0.1, 0.15) is 5.69 Å². The number of fused-ring (bicyclic) bond motifs is 1. The second-order valence-electron chi connectivity index (χ2n) is 4.27. The Kier molecular flexibility index (Phi) is 4.39. The van der Waals surface area contributed by atoms with Crippen LogP contribution in [0.1, 0.15) is 19.0 Å². The van der Waals surface area contributed by atoms with E-state index in [0.29, 0.717) is 28.9 Å². The molecule has 1 unspecified atom stereocenters. The van der Waals surface area contributed by atoms with Gasteiger partial charge in [0.2, 0.25) is 5.65 Å². The fourth-order valence-electron chi connectivity index (χ4n) is 1.86. The fraction of sp³-hybridized carbons (Fsp3) is 0.417. The van der Waals surface area contributed by atoms with Gasteiger partial charge in [0.15, 0.2) is 0 Å². The van der Waals surface area contributed by atoms with E-state index in [1.165, 1.54) is 4.40 Å². The first kappa shape index (κ1) is 13.8. The van der Waals surface area contributed by atoms with Crippen molar-refractivity contribution in [3.63, 3.8) is 0 Å². The smallest absolute Gasteiger partial charge is 0.351 e. The van der Waals surface area contributed by atoms with Crippen molar-refractivity contribution in [2.45, 2.75) is 24.3 Å². The molecule has 102 valence electrons. The number of hydrogen-bond donors (Lipinski definition) is 1. The average molecular weight is 280 g/mol. The lowest BCUT2D eigenvalue weighted by atomic mass is 10.3. The van der Waals surface area contributed by atoms with Gasteiger partial charge in [0, 0.05) is 17.1 Å². The molecule has 0 aromatic carbocycles. The third-order valence-electron chi connectivity index (χ3n) is 2.82. The first-order valence-electron chi connectivity index (χ1n) is 6.05. The van der Waals surface area contributed by atoms with Crippen LogP contribution in [0.2, 0.25) is 0 Å². The lowest BCUT2D eigenvalue weighted by Crippen LogP contribution is -2.07. The van der Waals surface area contributed by atoms with E-state index in [2.05, 4.69) is 11.9 Å². The topological polar surface area (TPSA) is 86.5 Å². The van der Waals surface area contributed by atoms with Crippen LogP contribution in [-0.4, -0.2) is 26.1 Å². The van der Waals surface area contributed by atoms with Crippen LogP contribution in [0.15, 0.2) is 24.4 Å². The Morgan fingerprint density at radius 3 is 3.05 bits per heavy atom. The summed E-state index contributed by atoms with van der Waals surface area (Å²) in [6.07, 6.45) is 2.56. The molecule has 0 radical (unpaired) electrons. The fourth-order valence-corrected chi connectivity index (χ4v) is 2.80. The number of imidazole rings is 1. The van der Waals surface area contributed by atoms with E-state index in [9.17, 15) is 10.1 Å². The van der Waals surface area contributed by atoms with Crippen molar-refractivity contribution in [1.82, 2.24) is 9.38 Å². The van der Waals surface area contributed by atoms with E-state index in [-0.39, 0.29) is 10.7 Å². The Morgan fingerprint density at radius 1 is 1.58 bits per heavy atom. The molecule has 2 aromatic heterocycles. The summed E-state index contributed by atoms with van der Waals surface area (Å²) in [7, 11) is 0. The number of nitrogens with zero attached hydrogens (tertiary/aromatic N) is 3. The van der Waals surface area contributed by atoms with Gasteiger partial charge in [-0.2, -0.15) is 16.2 Å². The van der Waals surface area contributed by atoms with E-state index < -0.39 is 0 Å². The second kappa shape index (κ2) is 6.03. The maximum atomic E-state index is 11.2. The molecule has 0 saturated heterocycles. The van der Waals surface area contributed by atoms with Gasteiger partial charge in [-0.25, -0.2) is 4.98 Å². The molecule has 0 bridgehead atoms. The van der Waals surface area contributed by atoms with Crippen LogP contribution in [0, 0.1) is 10.1 Å². The Hall–Kier alpha value is -1.60. The van der Waals surface area contributed by atoms with E-state index in [4.69, 9.17) is 5.73 Å². The number of thioether (sulfide) groups is 1. The zero-order valence-corrected chi connectivity index (χ0v) is 11.5. The molecule has 6 nitrogen and oxygen atoms in total. The minimum atomic E-state index is -0.372. The Labute approximate surface area is 115 Å². The molecule has 1 atom stereocenters. The third-order valence-corrected chi connectivity index (χ3v) is 4.07. The van der Waals surface area contributed by atoms with Gasteiger partial charge in [-0.3, -0.25) is 0 Å². The molecule has 0 fully saturated rings. The first-order valence-corrected chi connectivity index (χ1v) is 7.10. The lowest BCUT2D eigenvalue weighted by Gasteiger charge is -2.07. The molecule has 2 aromatic rings. The molecular weight excluding hydrogens is 264 g/mol. The Morgan fingerprint density at radius 2 is 2.37 bits per heavy atom. The van der Waals surface area contributed by atoms with Crippen LogP contribution < -0.4 is 5.73 Å². The molecule has 0 saturated carbocycles. The van der Waals surface area contributed by atoms with E-state index in [0.717, 1.165) is 6.42 Å². The SMILES string of the molecule is CC(CCN)SCc1nc2ccccn2c1[N+](=O)[O-]. The van der Waals surface area contributed by atoms with Gasteiger partial charge in [0.25, 0.3) is 0 Å². The molecule has 0 spiro atoms. The summed E-state index contributed by atoms with van der Waals surface area (Å²) in [5, 5.41) is 11.6. The van der Waals surface area contributed by atoms with Crippen LogP contribution in [0.3, 0.4) is 0 Å². The van der Waals surface area contributed by atoms with Crippen LogP contribution in [0.5, 0.6) is 0 Å². The zero-order chi connectivity index (χ0) is 13.8. The number of pyridine rings is 1. The standard InChI is InChI=1S/C12H16N4O2S/c1-9(5-6-13)19-8-10-12(16(17)18)15-7-3-2-4-11(15)14-10/h2-4,7,9H,5-6,8,13H2,1H3. The summed E-state index contributed by atoms with van der Waals surface area (Å²) in [5.74, 6) is 0.585. The van der Waals surface area contributed by atoms with Crippen molar-refractivity contribution in [1.29, 1.82) is 0 Å². The predicted octanol–water partition coefficient (Wildman–Crippen LogP) is 2.21. The second-order valence-corrected chi connectivity index (χ2v) is 5.69. The number of rotatable bonds is 6. The highest BCUT2D eigenvalue weighted by molar-refractivity contribution is 7.99. The Balaban J connectivity index is 2.27.